The van der Waals surface area contributed by atoms with Crippen molar-refractivity contribution in [2.75, 3.05) is 20.1 Å². The van der Waals surface area contributed by atoms with E-state index in [0.29, 0.717) is 5.92 Å². The van der Waals surface area contributed by atoms with Gasteiger partial charge in [-0.1, -0.05) is 30.7 Å². The molecule has 1 aromatic carbocycles. The molecule has 0 fully saturated rings. The maximum atomic E-state index is 5.99. The molecule has 23 heavy (non-hydrogen) atoms. The van der Waals surface area contributed by atoms with Gasteiger partial charge in [-0.15, -0.1) is 0 Å². The minimum absolute atomic E-state index is 0.460. The van der Waals surface area contributed by atoms with Crippen LogP contribution >= 0.6 is 11.6 Å². The number of halogens is 1. The Kier molecular flexibility index (Phi) is 6.94. The van der Waals surface area contributed by atoms with Gasteiger partial charge in [0, 0.05) is 44.1 Å². The SMILES string of the molecule is CN=C(NCCc1cccc(Cl)c1)NCC(C)Cn1cccn1. The molecule has 2 aromatic rings. The van der Waals surface area contributed by atoms with E-state index in [4.69, 9.17) is 11.6 Å². The number of aromatic nitrogens is 2. The predicted octanol–water partition coefficient (Wildman–Crippen LogP) is 2.58. The largest absolute Gasteiger partial charge is 0.356 e. The molecule has 0 saturated carbocycles. The minimum Gasteiger partial charge on any atom is -0.356 e. The summed E-state index contributed by atoms with van der Waals surface area (Å²) < 4.78 is 1.95. The first-order valence-corrected chi connectivity index (χ1v) is 8.21. The fourth-order valence-electron chi connectivity index (χ4n) is 2.30. The summed E-state index contributed by atoms with van der Waals surface area (Å²) in [6, 6.07) is 9.87. The summed E-state index contributed by atoms with van der Waals surface area (Å²) in [6.07, 6.45) is 4.69. The second-order valence-corrected chi connectivity index (χ2v) is 6.03. The van der Waals surface area contributed by atoms with E-state index in [9.17, 15) is 0 Å². The van der Waals surface area contributed by atoms with Crippen molar-refractivity contribution in [2.45, 2.75) is 19.9 Å². The lowest BCUT2D eigenvalue weighted by Crippen LogP contribution is -2.40. The van der Waals surface area contributed by atoms with Gasteiger partial charge in [0.05, 0.1) is 0 Å². The van der Waals surface area contributed by atoms with Gasteiger partial charge in [-0.3, -0.25) is 9.67 Å². The number of guanidine groups is 1. The molecule has 0 radical (unpaired) electrons. The van der Waals surface area contributed by atoms with Gasteiger partial charge in [-0.25, -0.2) is 0 Å². The maximum Gasteiger partial charge on any atom is 0.190 e. The summed E-state index contributed by atoms with van der Waals surface area (Å²) in [5.41, 5.74) is 1.22. The Hall–Kier alpha value is -2.01. The molecule has 124 valence electrons. The van der Waals surface area contributed by atoms with Gasteiger partial charge < -0.3 is 10.6 Å². The summed E-state index contributed by atoms with van der Waals surface area (Å²) in [7, 11) is 1.78. The number of nitrogens with one attached hydrogen (secondary N) is 2. The van der Waals surface area contributed by atoms with Crippen molar-refractivity contribution in [1.82, 2.24) is 20.4 Å². The zero-order chi connectivity index (χ0) is 16.5. The first-order valence-electron chi connectivity index (χ1n) is 7.83. The summed E-state index contributed by atoms with van der Waals surface area (Å²) >= 11 is 5.99. The Morgan fingerprint density at radius 1 is 1.35 bits per heavy atom. The maximum absolute atomic E-state index is 5.99. The molecule has 1 aromatic heterocycles. The normalized spacial score (nSPS) is 12.9. The second kappa shape index (κ2) is 9.20. The molecule has 1 atom stereocenters. The van der Waals surface area contributed by atoms with Crippen molar-refractivity contribution >= 4 is 17.6 Å². The highest BCUT2D eigenvalue weighted by molar-refractivity contribution is 6.30. The van der Waals surface area contributed by atoms with Gasteiger partial charge in [-0.05, 0) is 36.1 Å². The summed E-state index contributed by atoms with van der Waals surface area (Å²) in [5.74, 6) is 1.28. The van der Waals surface area contributed by atoms with Crippen molar-refractivity contribution in [1.29, 1.82) is 0 Å². The van der Waals surface area contributed by atoms with Crippen LogP contribution in [-0.2, 0) is 13.0 Å². The molecule has 0 aliphatic rings. The number of nitrogens with zero attached hydrogens (tertiary/aromatic N) is 3. The Morgan fingerprint density at radius 2 is 2.22 bits per heavy atom. The van der Waals surface area contributed by atoms with Crippen LogP contribution in [0.5, 0.6) is 0 Å². The average Bonchev–Trinajstić information content (AvgIpc) is 3.03. The fourth-order valence-corrected chi connectivity index (χ4v) is 2.51. The van der Waals surface area contributed by atoms with Gasteiger partial charge >= 0.3 is 0 Å². The van der Waals surface area contributed by atoms with Crippen molar-refractivity contribution in [3.63, 3.8) is 0 Å². The van der Waals surface area contributed by atoms with E-state index in [2.05, 4.69) is 33.7 Å². The van der Waals surface area contributed by atoms with Gasteiger partial charge in [0.2, 0.25) is 0 Å². The molecule has 0 aliphatic carbocycles. The molecule has 6 heteroatoms. The number of benzene rings is 1. The molecule has 0 spiro atoms. The Bertz CT molecular complexity index is 609. The summed E-state index contributed by atoms with van der Waals surface area (Å²) in [5, 5.41) is 11.7. The lowest BCUT2D eigenvalue weighted by atomic mass is 10.1. The third kappa shape index (κ3) is 6.32. The molecule has 5 nitrogen and oxygen atoms in total. The molecular weight excluding hydrogens is 310 g/mol. The van der Waals surface area contributed by atoms with E-state index in [0.717, 1.165) is 37.0 Å². The average molecular weight is 334 g/mol. The van der Waals surface area contributed by atoms with Crippen molar-refractivity contribution < 1.29 is 0 Å². The highest BCUT2D eigenvalue weighted by atomic mass is 35.5. The molecule has 1 heterocycles. The topological polar surface area (TPSA) is 54.2 Å². The summed E-state index contributed by atoms with van der Waals surface area (Å²) in [4.78, 5) is 4.25. The first kappa shape index (κ1) is 17.3. The van der Waals surface area contributed by atoms with E-state index in [-0.39, 0.29) is 0 Å². The van der Waals surface area contributed by atoms with Gasteiger partial charge in [0.25, 0.3) is 0 Å². The molecule has 0 saturated heterocycles. The molecule has 0 aliphatic heterocycles. The molecular formula is C17H24ClN5. The monoisotopic (exact) mass is 333 g/mol. The molecule has 2 N–H and O–H groups in total. The van der Waals surface area contributed by atoms with Crippen LogP contribution in [0.15, 0.2) is 47.7 Å². The minimum atomic E-state index is 0.460. The van der Waals surface area contributed by atoms with E-state index < -0.39 is 0 Å². The van der Waals surface area contributed by atoms with E-state index in [1.54, 1.807) is 13.2 Å². The van der Waals surface area contributed by atoms with Crippen molar-refractivity contribution in [2.24, 2.45) is 10.9 Å². The smallest absolute Gasteiger partial charge is 0.190 e. The third-order valence-corrected chi connectivity index (χ3v) is 3.73. The first-order chi connectivity index (χ1) is 11.2. The van der Waals surface area contributed by atoms with Crippen LogP contribution < -0.4 is 10.6 Å². The van der Waals surface area contributed by atoms with Crippen molar-refractivity contribution in [3.05, 3.63) is 53.3 Å². The predicted molar refractivity (Wildman–Crippen MR) is 95.9 cm³/mol. The van der Waals surface area contributed by atoms with Crippen LogP contribution in [-0.4, -0.2) is 35.9 Å². The van der Waals surface area contributed by atoms with Crippen LogP contribution in [0, 0.1) is 5.92 Å². The van der Waals surface area contributed by atoms with Crippen LogP contribution in [0.1, 0.15) is 12.5 Å². The zero-order valence-corrected chi connectivity index (χ0v) is 14.4. The molecule has 2 rings (SSSR count). The Morgan fingerprint density at radius 3 is 2.91 bits per heavy atom. The fraction of sp³-hybridized carbons (Fsp3) is 0.412. The van der Waals surface area contributed by atoms with Gasteiger partial charge in [0.1, 0.15) is 0 Å². The van der Waals surface area contributed by atoms with Crippen molar-refractivity contribution in [3.8, 4) is 0 Å². The van der Waals surface area contributed by atoms with E-state index in [1.165, 1.54) is 5.56 Å². The third-order valence-electron chi connectivity index (χ3n) is 3.49. The van der Waals surface area contributed by atoms with Gasteiger partial charge in [-0.2, -0.15) is 5.10 Å². The quantitative estimate of drug-likeness (QED) is 0.605. The van der Waals surface area contributed by atoms with E-state index >= 15 is 0 Å². The molecule has 0 amide bonds. The molecule has 1 unspecified atom stereocenters. The summed E-state index contributed by atoms with van der Waals surface area (Å²) in [6.45, 7) is 4.73. The van der Waals surface area contributed by atoms with Crippen LogP contribution in [0.2, 0.25) is 5.02 Å². The number of aliphatic imine (C=N–C) groups is 1. The zero-order valence-electron chi connectivity index (χ0n) is 13.7. The van der Waals surface area contributed by atoms with Crippen LogP contribution in [0.4, 0.5) is 0 Å². The number of hydrogen-bond donors (Lipinski definition) is 2. The second-order valence-electron chi connectivity index (χ2n) is 5.59. The van der Waals surface area contributed by atoms with E-state index in [1.807, 2.05) is 35.1 Å². The standard InChI is InChI=1S/C17H24ClN5/c1-14(13-23-10-4-8-22-23)12-21-17(19-2)20-9-7-15-5-3-6-16(18)11-15/h3-6,8,10-11,14H,7,9,12-13H2,1-2H3,(H2,19,20,21). The number of rotatable bonds is 7. The number of hydrogen-bond acceptors (Lipinski definition) is 2. The van der Waals surface area contributed by atoms with Gasteiger partial charge in [0.15, 0.2) is 5.96 Å². The van der Waals surface area contributed by atoms with Crippen LogP contribution in [0.25, 0.3) is 0 Å². The highest BCUT2D eigenvalue weighted by Gasteiger charge is 2.05. The van der Waals surface area contributed by atoms with Crippen LogP contribution in [0.3, 0.4) is 0 Å². The highest BCUT2D eigenvalue weighted by Crippen LogP contribution is 2.10. The lowest BCUT2D eigenvalue weighted by Gasteiger charge is -2.16. The Balaban J connectivity index is 1.69. The lowest BCUT2D eigenvalue weighted by molar-refractivity contribution is 0.443. The Labute approximate surface area is 142 Å². The molecule has 0 bridgehead atoms.